The number of likely N-dealkylation sites (tertiary alicyclic amines) is 1. The number of carbonyl (C=O) groups is 1. The van der Waals surface area contributed by atoms with Gasteiger partial charge in [0.25, 0.3) is 0 Å². The lowest BCUT2D eigenvalue weighted by molar-refractivity contribution is -0.117. The van der Waals surface area contributed by atoms with E-state index in [0.29, 0.717) is 24.1 Å². The molecule has 0 radical (unpaired) electrons. The van der Waals surface area contributed by atoms with E-state index in [9.17, 15) is 9.90 Å². The summed E-state index contributed by atoms with van der Waals surface area (Å²) in [7, 11) is 0. The van der Waals surface area contributed by atoms with Gasteiger partial charge in [0.1, 0.15) is 5.75 Å². The summed E-state index contributed by atoms with van der Waals surface area (Å²) in [6.07, 6.45) is 2.55. The standard InChI is InChI=1S/C26H34N2O2/c1-16-12-17(2)25(18(3)13-16)27-24(30)8-10-28-11-9-26(5)19(4)23(28)14-20-6-7-21(29)15-22(20)26/h6-7,12-13,15,19,23,29H,8-11,14H2,1-5H3,(H,27,30)/t19-,23+,26+/m0/s1. The van der Waals surface area contributed by atoms with Crippen molar-refractivity contribution in [3.63, 3.8) is 0 Å². The van der Waals surface area contributed by atoms with E-state index >= 15 is 0 Å². The van der Waals surface area contributed by atoms with E-state index < -0.39 is 0 Å². The topological polar surface area (TPSA) is 52.6 Å². The van der Waals surface area contributed by atoms with Crippen molar-refractivity contribution < 1.29 is 9.90 Å². The molecule has 4 nitrogen and oxygen atoms in total. The zero-order valence-electron chi connectivity index (χ0n) is 18.9. The largest absolute Gasteiger partial charge is 0.508 e. The summed E-state index contributed by atoms with van der Waals surface area (Å²) in [5, 5.41) is 13.2. The number of phenolic OH excluding ortho intramolecular Hbond substituents is 1. The van der Waals surface area contributed by atoms with Crippen molar-refractivity contribution in [3.8, 4) is 5.75 Å². The van der Waals surface area contributed by atoms with Gasteiger partial charge < -0.3 is 10.4 Å². The second kappa shape index (κ2) is 7.73. The third kappa shape index (κ3) is 3.62. The molecule has 4 rings (SSSR count). The van der Waals surface area contributed by atoms with Crippen molar-refractivity contribution >= 4 is 11.6 Å². The first kappa shape index (κ1) is 20.9. The lowest BCUT2D eigenvalue weighted by Gasteiger charge is -2.54. The minimum absolute atomic E-state index is 0.0892. The Bertz CT molecular complexity index is 960. The average molecular weight is 407 g/mol. The highest BCUT2D eigenvalue weighted by Gasteiger charge is 2.48. The molecule has 1 amide bonds. The Morgan fingerprint density at radius 2 is 1.90 bits per heavy atom. The van der Waals surface area contributed by atoms with Gasteiger partial charge in [-0.3, -0.25) is 9.69 Å². The number of anilines is 1. The Hall–Kier alpha value is -2.33. The van der Waals surface area contributed by atoms with Gasteiger partial charge in [0.15, 0.2) is 0 Å². The van der Waals surface area contributed by atoms with Crippen molar-refractivity contribution in [2.45, 2.75) is 65.3 Å². The molecule has 160 valence electrons. The van der Waals surface area contributed by atoms with Gasteiger partial charge in [-0.25, -0.2) is 0 Å². The molecule has 1 fully saturated rings. The number of nitrogens with zero attached hydrogens (tertiary/aromatic N) is 1. The molecule has 2 bridgehead atoms. The number of aryl methyl sites for hydroxylation is 3. The van der Waals surface area contributed by atoms with Crippen LogP contribution in [0.4, 0.5) is 5.69 Å². The van der Waals surface area contributed by atoms with Crippen LogP contribution in [0.3, 0.4) is 0 Å². The van der Waals surface area contributed by atoms with Gasteiger partial charge in [-0.1, -0.05) is 37.6 Å². The predicted molar refractivity (Wildman–Crippen MR) is 122 cm³/mol. The van der Waals surface area contributed by atoms with Crippen LogP contribution in [-0.2, 0) is 16.6 Å². The normalized spacial score (nSPS) is 25.6. The molecule has 30 heavy (non-hydrogen) atoms. The van der Waals surface area contributed by atoms with Crippen molar-refractivity contribution in [3.05, 3.63) is 58.1 Å². The number of benzene rings is 2. The van der Waals surface area contributed by atoms with Gasteiger partial charge in [-0.2, -0.15) is 0 Å². The molecular formula is C26H34N2O2. The van der Waals surface area contributed by atoms with Crippen LogP contribution < -0.4 is 5.32 Å². The van der Waals surface area contributed by atoms with Crippen LogP contribution in [0.25, 0.3) is 0 Å². The summed E-state index contributed by atoms with van der Waals surface area (Å²) >= 11 is 0. The fourth-order valence-electron chi connectivity index (χ4n) is 5.80. The number of piperidine rings is 1. The first-order chi connectivity index (χ1) is 14.2. The predicted octanol–water partition coefficient (Wildman–Crippen LogP) is 4.87. The molecule has 0 aromatic heterocycles. The van der Waals surface area contributed by atoms with Gasteiger partial charge in [-0.15, -0.1) is 0 Å². The summed E-state index contributed by atoms with van der Waals surface area (Å²) in [6.45, 7) is 12.7. The van der Waals surface area contributed by atoms with Crippen LogP contribution >= 0.6 is 0 Å². The number of hydrogen-bond donors (Lipinski definition) is 2. The highest BCUT2D eigenvalue weighted by Crippen LogP contribution is 2.49. The zero-order valence-corrected chi connectivity index (χ0v) is 18.9. The molecule has 1 aliphatic heterocycles. The summed E-state index contributed by atoms with van der Waals surface area (Å²) in [4.78, 5) is 15.2. The van der Waals surface area contributed by atoms with Crippen LogP contribution in [0.2, 0.25) is 0 Å². The summed E-state index contributed by atoms with van der Waals surface area (Å²) < 4.78 is 0. The number of phenols is 1. The Kier molecular flexibility index (Phi) is 5.39. The molecule has 3 atom stereocenters. The molecule has 2 aromatic carbocycles. The second-order valence-corrected chi connectivity index (χ2v) is 9.68. The molecule has 1 saturated heterocycles. The Morgan fingerprint density at radius 1 is 1.20 bits per heavy atom. The number of amides is 1. The van der Waals surface area contributed by atoms with Gasteiger partial charge in [0.2, 0.25) is 5.91 Å². The molecular weight excluding hydrogens is 372 g/mol. The molecule has 0 unspecified atom stereocenters. The maximum absolute atomic E-state index is 12.7. The molecule has 1 heterocycles. The monoisotopic (exact) mass is 406 g/mol. The number of nitrogens with one attached hydrogen (secondary N) is 1. The highest BCUT2D eigenvalue weighted by molar-refractivity contribution is 5.92. The quantitative estimate of drug-likeness (QED) is 0.762. The second-order valence-electron chi connectivity index (χ2n) is 9.68. The van der Waals surface area contributed by atoms with E-state index in [4.69, 9.17) is 0 Å². The van der Waals surface area contributed by atoms with Crippen molar-refractivity contribution in [2.24, 2.45) is 5.92 Å². The van der Waals surface area contributed by atoms with Gasteiger partial charge in [-0.05, 0) is 85.9 Å². The van der Waals surface area contributed by atoms with Crippen LogP contribution in [-0.4, -0.2) is 35.0 Å². The van der Waals surface area contributed by atoms with Crippen LogP contribution in [0.15, 0.2) is 30.3 Å². The molecule has 2 aromatic rings. The number of fused-ring (bicyclic) bond motifs is 4. The molecule has 4 heteroatoms. The fraction of sp³-hybridized carbons (Fsp3) is 0.500. The molecule has 1 aliphatic carbocycles. The minimum Gasteiger partial charge on any atom is -0.508 e. The smallest absolute Gasteiger partial charge is 0.225 e. The van der Waals surface area contributed by atoms with E-state index in [1.807, 2.05) is 6.07 Å². The van der Waals surface area contributed by atoms with Gasteiger partial charge >= 0.3 is 0 Å². The van der Waals surface area contributed by atoms with E-state index in [1.54, 1.807) is 6.07 Å². The maximum Gasteiger partial charge on any atom is 0.225 e. The summed E-state index contributed by atoms with van der Waals surface area (Å²) in [5.74, 6) is 0.943. The lowest BCUT2D eigenvalue weighted by Crippen LogP contribution is -2.58. The van der Waals surface area contributed by atoms with Crippen molar-refractivity contribution in [1.82, 2.24) is 4.90 Å². The van der Waals surface area contributed by atoms with Crippen molar-refractivity contribution in [1.29, 1.82) is 0 Å². The van der Waals surface area contributed by atoms with Crippen LogP contribution in [0.5, 0.6) is 5.75 Å². The summed E-state index contributed by atoms with van der Waals surface area (Å²) in [6, 6.07) is 10.5. The van der Waals surface area contributed by atoms with Crippen molar-refractivity contribution in [2.75, 3.05) is 18.4 Å². The molecule has 2 aliphatic rings. The van der Waals surface area contributed by atoms with E-state index in [1.165, 1.54) is 16.7 Å². The first-order valence-electron chi connectivity index (χ1n) is 11.1. The lowest BCUT2D eigenvalue weighted by atomic mass is 9.59. The van der Waals surface area contributed by atoms with Gasteiger partial charge in [0.05, 0.1) is 0 Å². The van der Waals surface area contributed by atoms with E-state index in [2.05, 4.69) is 63.0 Å². The van der Waals surface area contributed by atoms with Crippen LogP contribution in [0, 0.1) is 26.7 Å². The average Bonchev–Trinajstić information content (AvgIpc) is 2.67. The van der Waals surface area contributed by atoms with Crippen LogP contribution in [0.1, 0.15) is 54.5 Å². The minimum atomic E-state index is 0.0892. The maximum atomic E-state index is 12.7. The summed E-state index contributed by atoms with van der Waals surface area (Å²) in [5.41, 5.74) is 7.17. The SMILES string of the molecule is Cc1cc(C)c(NC(=O)CCN2CC[C@@]3(C)c4cc(O)ccc4C[C@@H]2[C@@H]3C)c(C)c1. The Balaban J connectivity index is 1.45. The number of aromatic hydroxyl groups is 1. The van der Waals surface area contributed by atoms with E-state index in [-0.39, 0.29) is 11.3 Å². The zero-order chi connectivity index (χ0) is 21.6. The van der Waals surface area contributed by atoms with Gasteiger partial charge in [0, 0.05) is 24.7 Å². The first-order valence-corrected chi connectivity index (χ1v) is 11.1. The van der Waals surface area contributed by atoms with E-state index in [0.717, 1.165) is 42.7 Å². The molecule has 0 saturated carbocycles. The fourth-order valence-corrected chi connectivity index (χ4v) is 5.80. The molecule has 2 N–H and O–H groups in total. The Morgan fingerprint density at radius 3 is 2.60 bits per heavy atom. The number of rotatable bonds is 4. The third-order valence-corrected chi connectivity index (χ3v) is 7.67. The number of carbonyl (C=O) groups excluding carboxylic acids is 1. The Labute approximate surface area is 180 Å². The highest BCUT2D eigenvalue weighted by atomic mass is 16.3. The third-order valence-electron chi connectivity index (χ3n) is 7.67. The molecule has 0 spiro atoms. The number of hydrogen-bond acceptors (Lipinski definition) is 3.